The zero-order valence-electron chi connectivity index (χ0n) is 9.90. The van der Waals surface area contributed by atoms with Crippen molar-refractivity contribution in [2.45, 2.75) is 6.92 Å². The predicted molar refractivity (Wildman–Crippen MR) is 76.6 cm³/mol. The second kappa shape index (κ2) is 4.32. The minimum Gasteiger partial charge on any atom is -0.316 e. The van der Waals surface area contributed by atoms with Crippen LogP contribution < -0.4 is 5.56 Å². The van der Waals surface area contributed by atoms with Gasteiger partial charge in [0.05, 0.1) is 11.9 Å². The highest BCUT2D eigenvalue weighted by molar-refractivity contribution is 7.71. The number of benzene rings is 1. The number of aryl methyl sites for hydroxylation is 1. The van der Waals surface area contributed by atoms with Crippen molar-refractivity contribution in [3.05, 3.63) is 50.1 Å². The Morgan fingerprint density at radius 3 is 2.89 bits per heavy atom. The van der Waals surface area contributed by atoms with Gasteiger partial charge in [0.2, 0.25) is 0 Å². The summed E-state index contributed by atoms with van der Waals surface area (Å²) in [6.07, 6.45) is 1.49. The molecule has 2 N–H and O–H groups in total. The third kappa shape index (κ3) is 1.98. The second-order valence-electron chi connectivity index (χ2n) is 4.16. The van der Waals surface area contributed by atoms with Crippen molar-refractivity contribution in [3.63, 3.8) is 0 Å². The molecular formula is C12H9ClN4OS. The molecule has 0 fully saturated rings. The van der Waals surface area contributed by atoms with Crippen LogP contribution in [0.3, 0.4) is 0 Å². The van der Waals surface area contributed by atoms with Gasteiger partial charge in [-0.25, -0.2) is 4.68 Å². The fourth-order valence-corrected chi connectivity index (χ4v) is 2.22. The molecule has 0 aliphatic heterocycles. The van der Waals surface area contributed by atoms with Crippen LogP contribution >= 0.6 is 23.8 Å². The van der Waals surface area contributed by atoms with Crippen molar-refractivity contribution in [1.29, 1.82) is 0 Å². The first-order chi connectivity index (χ1) is 9.06. The van der Waals surface area contributed by atoms with Crippen molar-refractivity contribution >= 4 is 34.9 Å². The van der Waals surface area contributed by atoms with Gasteiger partial charge < -0.3 is 4.98 Å². The summed E-state index contributed by atoms with van der Waals surface area (Å²) >= 11 is 11.1. The van der Waals surface area contributed by atoms with E-state index in [-0.39, 0.29) is 10.3 Å². The Hall–Kier alpha value is -1.92. The highest BCUT2D eigenvalue weighted by Crippen LogP contribution is 2.20. The molecule has 5 nitrogen and oxygen atoms in total. The SMILES string of the molecule is Cc1ccc(-n2ncc3c(=O)[nH]c(=S)[nH]c32)cc1Cl. The first-order valence-corrected chi connectivity index (χ1v) is 6.32. The van der Waals surface area contributed by atoms with Gasteiger partial charge >= 0.3 is 0 Å². The van der Waals surface area contributed by atoms with Crippen LogP contribution in [-0.2, 0) is 0 Å². The molecule has 0 saturated carbocycles. The Morgan fingerprint density at radius 2 is 2.16 bits per heavy atom. The largest absolute Gasteiger partial charge is 0.316 e. The molecule has 96 valence electrons. The molecule has 0 amide bonds. The summed E-state index contributed by atoms with van der Waals surface area (Å²) < 4.78 is 1.86. The van der Waals surface area contributed by atoms with E-state index < -0.39 is 0 Å². The van der Waals surface area contributed by atoms with Crippen LogP contribution in [-0.4, -0.2) is 19.7 Å². The molecule has 0 radical (unpaired) electrons. The number of fused-ring (bicyclic) bond motifs is 1. The maximum Gasteiger partial charge on any atom is 0.262 e. The predicted octanol–water partition coefficient (Wildman–Crippen LogP) is 2.73. The summed E-state index contributed by atoms with van der Waals surface area (Å²) in [4.78, 5) is 17.2. The van der Waals surface area contributed by atoms with Gasteiger partial charge in [-0.3, -0.25) is 9.78 Å². The second-order valence-corrected chi connectivity index (χ2v) is 4.98. The molecular weight excluding hydrogens is 284 g/mol. The van der Waals surface area contributed by atoms with Crippen LogP contribution in [0, 0.1) is 11.7 Å². The summed E-state index contributed by atoms with van der Waals surface area (Å²) in [6, 6.07) is 5.57. The Labute approximate surface area is 117 Å². The van der Waals surface area contributed by atoms with Crippen LogP contribution in [0.2, 0.25) is 5.02 Å². The zero-order valence-corrected chi connectivity index (χ0v) is 11.5. The number of nitrogens with one attached hydrogen (secondary N) is 2. The molecule has 3 rings (SSSR count). The third-order valence-corrected chi connectivity index (χ3v) is 3.48. The Morgan fingerprint density at radius 1 is 1.37 bits per heavy atom. The van der Waals surface area contributed by atoms with E-state index >= 15 is 0 Å². The number of rotatable bonds is 1. The van der Waals surface area contributed by atoms with Gasteiger partial charge in [-0.1, -0.05) is 17.7 Å². The van der Waals surface area contributed by atoms with E-state index in [0.29, 0.717) is 16.1 Å². The molecule has 3 aromatic rings. The number of nitrogens with zero attached hydrogens (tertiary/aromatic N) is 2. The van der Waals surface area contributed by atoms with Crippen molar-refractivity contribution in [2.75, 3.05) is 0 Å². The van der Waals surface area contributed by atoms with Gasteiger partial charge in [0.15, 0.2) is 4.77 Å². The first-order valence-electron chi connectivity index (χ1n) is 5.53. The number of aromatic nitrogens is 4. The lowest BCUT2D eigenvalue weighted by molar-refractivity contribution is 0.892. The average molecular weight is 293 g/mol. The standard InChI is InChI=1S/C12H9ClN4OS/c1-6-2-3-7(4-9(6)13)17-10-8(5-14-17)11(18)16-12(19)15-10/h2-5H,1H3,(H2,15,16,18,19). The summed E-state index contributed by atoms with van der Waals surface area (Å²) in [6.45, 7) is 1.92. The molecule has 0 bridgehead atoms. The fraction of sp³-hybridized carbons (Fsp3) is 0.0833. The first kappa shape index (κ1) is 12.1. The molecule has 0 spiro atoms. The van der Waals surface area contributed by atoms with E-state index in [2.05, 4.69) is 15.1 Å². The van der Waals surface area contributed by atoms with Gasteiger partial charge in [-0.05, 0) is 36.8 Å². The minimum absolute atomic E-state index is 0.261. The number of hydrogen-bond acceptors (Lipinski definition) is 3. The number of hydrogen-bond donors (Lipinski definition) is 2. The molecule has 2 heterocycles. The fourth-order valence-electron chi connectivity index (χ4n) is 1.85. The maximum absolute atomic E-state index is 11.7. The molecule has 0 aliphatic carbocycles. The zero-order chi connectivity index (χ0) is 13.6. The van der Waals surface area contributed by atoms with Crippen LogP contribution in [0.25, 0.3) is 16.7 Å². The Bertz CT molecular complexity index is 893. The van der Waals surface area contributed by atoms with Crippen molar-refractivity contribution in [1.82, 2.24) is 19.7 Å². The molecule has 2 aromatic heterocycles. The van der Waals surface area contributed by atoms with Gasteiger partial charge in [-0.2, -0.15) is 5.10 Å². The lowest BCUT2D eigenvalue weighted by Gasteiger charge is -2.05. The van der Waals surface area contributed by atoms with Crippen molar-refractivity contribution < 1.29 is 0 Å². The maximum atomic E-state index is 11.7. The highest BCUT2D eigenvalue weighted by atomic mass is 35.5. The molecule has 1 aromatic carbocycles. The van der Waals surface area contributed by atoms with Crippen LogP contribution in [0.5, 0.6) is 0 Å². The Balaban J connectivity index is 2.34. The van der Waals surface area contributed by atoms with Crippen LogP contribution in [0.15, 0.2) is 29.2 Å². The quantitative estimate of drug-likeness (QED) is 0.678. The lowest BCUT2D eigenvalue weighted by Crippen LogP contribution is -2.08. The smallest absolute Gasteiger partial charge is 0.262 e. The molecule has 0 unspecified atom stereocenters. The summed E-state index contributed by atoms with van der Waals surface area (Å²) in [7, 11) is 0. The lowest BCUT2D eigenvalue weighted by atomic mass is 10.2. The molecule has 0 aliphatic rings. The molecule has 7 heteroatoms. The van der Waals surface area contributed by atoms with Crippen molar-refractivity contribution in [2.24, 2.45) is 0 Å². The molecule has 0 atom stereocenters. The number of aromatic amines is 2. The van der Waals surface area contributed by atoms with Gasteiger partial charge in [0.25, 0.3) is 5.56 Å². The van der Waals surface area contributed by atoms with E-state index in [1.54, 1.807) is 10.7 Å². The highest BCUT2D eigenvalue weighted by Gasteiger charge is 2.09. The monoisotopic (exact) mass is 292 g/mol. The summed E-state index contributed by atoms with van der Waals surface area (Å²) in [5.74, 6) is 0. The average Bonchev–Trinajstić information content (AvgIpc) is 2.76. The van der Waals surface area contributed by atoms with Crippen LogP contribution in [0.1, 0.15) is 5.56 Å². The van der Waals surface area contributed by atoms with E-state index in [0.717, 1.165) is 11.3 Å². The van der Waals surface area contributed by atoms with Gasteiger partial charge in [0.1, 0.15) is 11.0 Å². The summed E-state index contributed by atoms with van der Waals surface area (Å²) in [5.41, 5.74) is 2.03. The normalized spacial score (nSPS) is 11.1. The molecule has 19 heavy (non-hydrogen) atoms. The van der Waals surface area contributed by atoms with Gasteiger partial charge in [0, 0.05) is 5.02 Å². The van der Waals surface area contributed by atoms with Crippen molar-refractivity contribution in [3.8, 4) is 5.69 Å². The Kier molecular flexibility index (Phi) is 2.76. The van der Waals surface area contributed by atoms with E-state index in [4.69, 9.17) is 23.8 Å². The van der Waals surface area contributed by atoms with E-state index in [9.17, 15) is 4.79 Å². The topological polar surface area (TPSA) is 66.5 Å². The van der Waals surface area contributed by atoms with Gasteiger partial charge in [-0.15, -0.1) is 0 Å². The van der Waals surface area contributed by atoms with Crippen LogP contribution in [0.4, 0.5) is 0 Å². The van der Waals surface area contributed by atoms with E-state index in [1.807, 2.05) is 19.1 Å². The minimum atomic E-state index is -0.261. The number of H-pyrrole nitrogens is 2. The summed E-state index contributed by atoms with van der Waals surface area (Å²) in [5, 5.41) is 5.29. The number of halogens is 1. The third-order valence-electron chi connectivity index (χ3n) is 2.87. The molecule has 0 saturated heterocycles. The van der Waals surface area contributed by atoms with E-state index in [1.165, 1.54) is 6.20 Å².